The molecule has 0 atom stereocenters. The van der Waals surface area contributed by atoms with Crippen molar-refractivity contribution in [2.75, 3.05) is 16.8 Å². The highest BCUT2D eigenvalue weighted by molar-refractivity contribution is 6.06. The topological polar surface area (TPSA) is 129 Å². The molecule has 10 heteroatoms. The average molecular weight is 528 g/mol. The molecule has 1 aliphatic heterocycles. The third-order valence-corrected chi connectivity index (χ3v) is 7.32. The van der Waals surface area contributed by atoms with Crippen LogP contribution in [0.4, 0.5) is 17.3 Å². The highest BCUT2D eigenvalue weighted by atomic mass is 16.3. The van der Waals surface area contributed by atoms with E-state index in [2.05, 4.69) is 52.2 Å². The van der Waals surface area contributed by atoms with Crippen LogP contribution in [-0.4, -0.2) is 42.1 Å². The number of nitrogens with one attached hydrogen (secondary N) is 2. The summed E-state index contributed by atoms with van der Waals surface area (Å²) in [6.07, 6.45) is 8.83. The molecule has 202 valence electrons. The highest BCUT2D eigenvalue weighted by Gasteiger charge is 2.30. The smallest absolute Gasteiger partial charge is 0.276 e. The van der Waals surface area contributed by atoms with Crippen molar-refractivity contribution >= 4 is 23.2 Å². The SMILES string of the molecule is CCC(C)(C)Cc1cc2n(c1)CCN(c1nccc(-c3c[nH]c(=O)c(Nc4ccnc(C)n4)c3)c1CO)C2=O. The fourth-order valence-electron chi connectivity index (χ4n) is 4.90. The molecule has 0 radical (unpaired) electrons. The summed E-state index contributed by atoms with van der Waals surface area (Å²) in [7, 11) is 0. The maximum atomic E-state index is 13.6. The Morgan fingerprint density at radius 3 is 2.67 bits per heavy atom. The molecule has 10 nitrogen and oxygen atoms in total. The fraction of sp³-hybridized carbons (Fsp3) is 0.345. The van der Waals surface area contributed by atoms with Crippen molar-refractivity contribution in [3.05, 3.63) is 82.1 Å². The third-order valence-electron chi connectivity index (χ3n) is 7.32. The summed E-state index contributed by atoms with van der Waals surface area (Å²) in [5.41, 5.74) is 3.72. The molecule has 0 fully saturated rings. The second kappa shape index (κ2) is 10.5. The number of carbonyl (C=O) groups excluding carboxylic acids is 1. The van der Waals surface area contributed by atoms with Gasteiger partial charge in [-0.2, -0.15) is 0 Å². The van der Waals surface area contributed by atoms with Crippen LogP contribution >= 0.6 is 0 Å². The van der Waals surface area contributed by atoms with Gasteiger partial charge in [0.15, 0.2) is 0 Å². The lowest BCUT2D eigenvalue weighted by Crippen LogP contribution is -2.41. The Morgan fingerprint density at radius 1 is 1.13 bits per heavy atom. The normalized spacial score (nSPS) is 13.5. The van der Waals surface area contributed by atoms with Crippen LogP contribution in [-0.2, 0) is 19.6 Å². The Balaban J connectivity index is 1.48. The summed E-state index contributed by atoms with van der Waals surface area (Å²) in [6.45, 7) is 9.15. The lowest BCUT2D eigenvalue weighted by atomic mass is 9.84. The van der Waals surface area contributed by atoms with Crippen LogP contribution < -0.4 is 15.8 Å². The molecule has 0 aliphatic carbocycles. The molecule has 5 heterocycles. The van der Waals surface area contributed by atoms with Gasteiger partial charge < -0.3 is 20.0 Å². The van der Waals surface area contributed by atoms with Crippen molar-refractivity contribution in [2.45, 2.75) is 53.7 Å². The standard InChI is InChI=1S/C29H33N7O3/c1-5-29(3,4)14-19-12-24-28(39)36(11-10-35(24)16-19)26-22(17-37)21(6-8-31-26)20-13-23(27(38)32-15-20)34-25-7-9-30-18(2)33-25/h6-9,12-13,15-16,37H,5,10-11,14,17H2,1-4H3,(H,32,38)(H,30,33,34). The number of hydrogen-bond donors (Lipinski definition) is 3. The Kier molecular flexibility index (Phi) is 7.05. The molecule has 39 heavy (non-hydrogen) atoms. The maximum absolute atomic E-state index is 13.6. The second-order valence-electron chi connectivity index (χ2n) is 10.6. The number of aromatic amines is 1. The number of amides is 1. The largest absolute Gasteiger partial charge is 0.392 e. The molecule has 4 aromatic heterocycles. The van der Waals surface area contributed by atoms with Crippen LogP contribution in [0.1, 0.15) is 54.6 Å². The number of anilines is 3. The number of rotatable bonds is 8. The number of pyridine rings is 2. The fourth-order valence-corrected chi connectivity index (χ4v) is 4.90. The van der Waals surface area contributed by atoms with Crippen molar-refractivity contribution in [1.82, 2.24) is 24.5 Å². The predicted octanol–water partition coefficient (Wildman–Crippen LogP) is 4.21. The molecule has 0 bridgehead atoms. The lowest BCUT2D eigenvalue weighted by Gasteiger charge is -2.29. The molecule has 1 amide bonds. The first-order valence-corrected chi connectivity index (χ1v) is 13.1. The number of fused-ring (bicyclic) bond motifs is 1. The van der Waals surface area contributed by atoms with Gasteiger partial charge >= 0.3 is 0 Å². The monoisotopic (exact) mass is 527 g/mol. The van der Waals surface area contributed by atoms with Crippen LogP contribution in [0.25, 0.3) is 11.1 Å². The number of carbonyl (C=O) groups is 1. The van der Waals surface area contributed by atoms with Crippen molar-refractivity contribution in [3.63, 3.8) is 0 Å². The highest BCUT2D eigenvalue weighted by Crippen LogP contribution is 2.33. The Morgan fingerprint density at radius 2 is 1.92 bits per heavy atom. The molecular formula is C29H33N7O3. The van der Waals surface area contributed by atoms with Crippen molar-refractivity contribution in [2.24, 2.45) is 5.41 Å². The van der Waals surface area contributed by atoms with E-state index in [1.165, 1.54) is 0 Å². The van der Waals surface area contributed by atoms with Gasteiger partial charge in [0, 0.05) is 49.0 Å². The Labute approximate surface area is 226 Å². The second-order valence-corrected chi connectivity index (χ2v) is 10.6. The number of aryl methyl sites for hydroxylation is 1. The quantitative estimate of drug-likeness (QED) is 0.313. The predicted molar refractivity (Wildman–Crippen MR) is 150 cm³/mol. The molecule has 0 spiro atoms. The number of nitrogens with zero attached hydrogens (tertiary/aromatic N) is 5. The van der Waals surface area contributed by atoms with Crippen LogP contribution in [0.3, 0.4) is 0 Å². The first kappa shape index (κ1) is 26.3. The van der Waals surface area contributed by atoms with E-state index < -0.39 is 0 Å². The van der Waals surface area contributed by atoms with Crippen LogP contribution in [0.5, 0.6) is 0 Å². The Bertz CT molecular complexity index is 1590. The minimum absolute atomic E-state index is 0.149. The molecule has 1 aliphatic rings. The van der Waals surface area contributed by atoms with E-state index in [1.807, 2.05) is 10.6 Å². The number of aromatic nitrogens is 5. The van der Waals surface area contributed by atoms with Crippen LogP contribution in [0.15, 0.2) is 53.8 Å². The summed E-state index contributed by atoms with van der Waals surface area (Å²) in [6, 6.07) is 7.11. The zero-order valence-corrected chi connectivity index (χ0v) is 22.7. The summed E-state index contributed by atoms with van der Waals surface area (Å²) in [5, 5.41) is 13.5. The van der Waals surface area contributed by atoms with Crippen LogP contribution in [0.2, 0.25) is 0 Å². The molecular weight excluding hydrogens is 494 g/mol. The van der Waals surface area contributed by atoms with Gasteiger partial charge in [0.05, 0.1) is 6.61 Å². The van der Waals surface area contributed by atoms with Gasteiger partial charge in [-0.15, -0.1) is 0 Å². The zero-order valence-electron chi connectivity index (χ0n) is 22.7. The number of aliphatic hydroxyl groups is 1. The van der Waals surface area contributed by atoms with E-state index >= 15 is 0 Å². The van der Waals surface area contributed by atoms with Gasteiger partial charge in [-0.1, -0.05) is 27.2 Å². The first-order chi connectivity index (χ1) is 18.7. The van der Waals surface area contributed by atoms with Gasteiger partial charge in [-0.05, 0) is 54.2 Å². The number of hydrogen-bond acceptors (Lipinski definition) is 7. The molecule has 0 saturated carbocycles. The van der Waals surface area contributed by atoms with E-state index in [0.717, 1.165) is 18.4 Å². The third kappa shape index (κ3) is 5.33. The van der Waals surface area contributed by atoms with Crippen molar-refractivity contribution in [1.29, 1.82) is 0 Å². The molecule has 0 aromatic carbocycles. The van der Waals surface area contributed by atoms with Gasteiger partial charge in [0.1, 0.15) is 28.8 Å². The molecule has 4 aromatic rings. The van der Waals surface area contributed by atoms with Gasteiger partial charge in [0.25, 0.3) is 11.5 Å². The molecule has 0 unspecified atom stereocenters. The van der Waals surface area contributed by atoms with Crippen molar-refractivity contribution in [3.8, 4) is 11.1 Å². The van der Waals surface area contributed by atoms with E-state index in [4.69, 9.17) is 0 Å². The van der Waals surface area contributed by atoms with E-state index in [0.29, 0.717) is 58.6 Å². The maximum Gasteiger partial charge on any atom is 0.276 e. The number of H-pyrrole nitrogens is 1. The molecule has 0 saturated heterocycles. The van der Waals surface area contributed by atoms with Gasteiger partial charge in [0.2, 0.25) is 0 Å². The van der Waals surface area contributed by atoms with Gasteiger partial charge in [-0.3, -0.25) is 14.5 Å². The Hall–Kier alpha value is -4.31. The van der Waals surface area contributed by atoms with E-state index in [-0.39, 0.29) is 23.5 Å². The summed E-state index contributed by atoms with van der Waals surface area (Å²) >= 11 is 0. The minimum Gasteiger partial charge on any atom is -0.392 e. The zero-order chi connectivity index (χ0) is 27.7. The summed E-state index contributed by atoms with van der Waals surface area (Å²) < 4.78 is 2.01. The van der Waals surface area contributed by atoms with Crippen LogP contribution in [0, 0.1) is 12.3 Å². The number of aliphatic hydroxyl groups excluding tert-OH is 1. The minimum atomic E-state index is -0.327. The molecule has 3 N–H and O–H groups in total. The van der Waals surface area contributed by atoms with Crippen molar-refractivity contribution < 1.29 is 9.90 Å². The molecule has 5 rings (SSSR count). The summed E-state index contributed by atoms with van der Waals surface area (Å²) in [4.78, 5) is 43.5. The first-order valence-electron chi connectivity index (χ1n) is 13.1. The van der Waals surface area contributed by atoms with E-state index in [1.54, 1.807) is 48.6 Å². The van der Waals surface area contributed by atoms with E-state index in [9.17, 15) is 14.7 Å². The summed E-state index contributed by atoms with van der Waals surface area (Å²) in [5.74, 6) is 1.33. The van der Waals surface area contributed by atoms with Gasteiger partial charge in [-0.25, -0.2) is 15.0 Å². The average Bonchev–Trinajstić information content (AvgIpc) is 3.32. The lowest BCUT2D eigenvalue weighted by molar-refractivity contribution is 0.0964.